The van der Waals surface area contributed by atoms with Gasteiger partial charge in [0.05, 0.1) is 17.9 Å². The molecule has 0 radical (unpaired) electrons. The number of amides is 2. The Hall–Kier alpha value is -3.42. The summed E-state index contributed by atoms with van der Waals surface area (Å²) in [5.74, 6) is 2.13. The largest absolute Gasteiger partial charge is 0.485 e. The minimum atomic E-state index is -0.286. The average Bonchev–Trinajstić information content (AvgIpc) is 3.47. The van der Waals surface area contributed by atoms with Crippen molar-refractivity contribution in [2.45, 2.75) is 31.9 Å². The topological polar surface area (TPSA) is 93.4 Å². The molecule has 0 aliphatic heterocycles. The first-order valence-electron chi connectivity index (χ1n) is 9.15. The van der Waals surface area contributed by atoms with Crippen molar-refractivity contribution >= 4 is 11.7 Å². The number of hydrogen-bond donors (Lipinski definition) is 1. The van der Waals surface area contributed by atoms with Crippen molar-refractivity contribution in [2.75, 3.05) is 12.4 Å². The second-order valence-electron chi connectivity index (χ2n) is 6.72. The van der Waals surface area contributed by atoms with Crippen molar-refractivity contribution in [3.8, 4) is 5.75 Å². The fraction of sp³-hybridized carbons (Fsp3) is 0.300. The molecule has 1 fully saturated rings. The Balaban J connectivity index is 1.36. The third kappa shape index (κ3) is 4.46. The van der Waals surface area contributed by atoms with E-state index in [9.17, 15) is 4.79 Å². The summed E-state index contributed by atoms with van der Waals surface area (Å²) in [6, 6.07) is 12.6. The van der Waals surface area contributed by atoms with E-state index in [0.717, 1.165) is 18.5 Å². The molecule has 0 atom stereocenters. The molecule has 8 nitrogen and oxygen atoms in total. The fourth-order valence-electron chi connectivity index (χ4n) is 2.65. The Morgan fingerprint density at radius 3 is 2.86 bits per heavy atom. The van der Waals surface area contributed by atoms with Crippen LogP contribution < -0.4 is 10.1 Å². The minimum absolute atomic E-state index is 0.263. The summed E-state index contributed by atoms with van der Waals surface area (Å²) in [5, 5.41) is 6.81. The number of para-hydroxylation sites is 2. The normalized spacial score (nSPS) is 13.2. The van der Waals surface area contributed by atoms with E-state index >= 15 is 0 Å². The van der Waals surface area contributed by atoms with Gasteiger partial charge in [0.1, 0.15) is 12.4 Å². The average molecular weight is 379 g/mol. The molecule has 1 aliphatic rings. The second kappa shape index (κ2) is 8.08. The number of rotatable bonds is 7. The maximum atomic E-state index is 12.6. The third-order valence-electron chi connectivity index (χ3n) is 4.37. The zero-order chi connectivity index (χ0) is 19.3. The maximum Gasteiger partial charge on any atom is 0.322 e. The summed E-state index contributed by atoms with van der Waals surface area (Å²) in [7, 11) is 1.68. The van der Waals surface area contributed by atoms with Crippen LogP contribution in [0.4, 0.5) is 10.5 Å². The van der Waals surface area contributed by atoms with E-state index in [1.807, 2.05) is 30.3 Å². The molecule has 8 heteroatoms. The number of urea groups is 1. The summed E-state index contributed by atoms with van der Waals surface area (Å²) in [6.45, 7) is 0.579. The fourth-order valence-corrected chi connectivity index (χ4v) is 2.65. The van der Waals surface area contributed by atoms with Gasteiger partial charge >= 0.3 is 6.03 Å². The van der Waals surface area contributed by atoms with Gasteiger partial charge in [-0.2, -0.15) is 4.98 Å². The van der Waals surface area contributed by atoms with E-state index in [0.29, 0.717) is 35.7 Å². The number of hydrogen-bond acceptors (Lipinski definition) is 6. The van der Waals surface area contributed by atoms with Crippen molar-refractivity contribution in [2.24, 2.45) is 0 Å². The Labute approximate surface area is 162 Å². The van der Waals surface area contributed by atoms with Gasteiger partial charge in [-0.3, -0.25) is 4.98 Å². The Morgan fingerprint density at radius 2 is 2.07 bits per heavy atom. The van der Waals surface area contributed by atoms with E-state index in [4.69, 9.17) is 9.26 Å². The van der Waals surface area contributed by atoms with Gasteiger partial charge < -0.3 is 19.5 Å². The molecule has 3 aromatic rings. The van der Waals surface area contributed by atoms with Crippen LogP contribution in [0.1, 0.15) is 36.2 Å². The molecule has 0 bridgehead atoms. The molecule has 0 unspecified atom stereocenters. The number of aromatic nitrogens is 3. The molecule has 0 spiro atoms. The van der Waals surface area contributed by atoms with Crippen LogP contribution in [0, 0.1) is 0 Å². The van der Waals surface area contributed by atoms with Gasteiger partial charge in [-0.1, -0.05) is 23.4 Å². The molecule has 0 saturated heterocycles. The van der Waals surface area contributed by atoms with Crippen LogP contribution in [0.25, 0.3) is 0 Å². The number of nitrogens with zero attached hydrogens (tertiary/aromatic N) is 4. The summed E-state index contributed by atoms with van der Waals surface area (Å²) >= 11 is 0. The lowest BCUT2D eigenvalue weighted by molar-refractivity contribution is 0.218. The van der Waals surface area contributed by atoms with Gasteiger partial charge in [0.25, 0.3) is 0 Å². The van der Waals surface area contributed by atoms with Crippen molar-refractivity contribution in [3.05, 3.63) is 66.1 Å². The van der Waals surface area contributed by atoms with Crippen LogP contribution in [-0.2, 0) is 13.2 Å². The summed E-state index contributed by atoms with van der Waals surface area (Å²) in [6.07, 6.45) is 3.90. The standard InChI is InChI=1S/C20H21N5O3/c1-25(12-18-23-19(28-24-18)14-9-10-14)20(26)22-16-7-2-3-8-17(16)27-13-15-6-4-5-11-21-15/h2-8,11,14H,9-10,12-13H2,1H3,(H,22,26). The van der Waals surface area contributed by atoms with E-state index in [1.165, 1.54) is 4.90 Å². The maximum absolute atomic E-state index is 12.6. The Morgan fingerprint density at radius 1 is 1.25 bits per heavy atom. The predicted molar refractivity (Wildman–Crippen MR) is 102 cm³/mol. The van der Waals surface area contributed by atoms with Crippen molar-refractivity contribution < 1.29 is 14.1 Å². The molecule has 1 saturated carbocycles. The number of anilines is 1. The number of nitrogens with one attached hydrogen (secondary N) is 1. The molecule has 2 amide bonds. The molecule has 4 rings (SSSR count). The van der Waals surface area contributed by atoms with Crippen LogP contribution in [0.3, 0.4) is 0 Å². The summed E-state index contributed by atoms with van der Waals surface area (Å²) in [5.41, 5.74) is 1.39. The Bertz CT molecular complexity index is 940. The van der Waals surface area contributed by atoms with Gasteiger partial charge in [0.15, 0.2) is 5.82 Å². The predicted octanol–water partition coefficient (Wildman–Crippen LogP) is 3.58. The summed E-state index contributed by atoms with van der Waals surface area (Å²) < 4.78 is 11.1. The van der Waals surface area contributed by atoms with Crippen LogP contribution in [-0.4, -0.2) is 33.1 Å². The van der Waals surface area contributed by atoms with E-state index in [2.05, 4.69) is 20.4 Å². The van der Waals surface area contributed by atoms with E-state index in [1.54, 1.807) is 25.4 Å². The number of carbonyl (C=O) groups is 1. The zero-order valence-electron chi connectivity index (χ0n) is 15.5. The number of benzene rings is 1. The van der Waals surface area contributed by atoms with Crippen LogP contribution in [0.2, 0.25) is 0 Å². The molecule has 144 valence electrons. The quantitative estimate of drug-likeness (QED) is 0.674. The Kier molecular flexibility index (Phi) is 5.18. The van der Waals surface area contributed by atoms with Crippen LogP contribution in [0.15, 0.2) is 53.2 Å². The molecular formula is C20H21N5O3. The monoisotopic (exact) mass is 379 g/mol. The molecule has 1 aliphatic carbocycles. The highest BCUT2D eigenvalue weighted by atomic mass is 16.5. The molecule has 2 heterocycles. The zero-order valence-corrected chi connectivity index (χ0v) is 15.5. The van der Waals surface area contributed by atoms with Gasteiger partial charge in [0.2, 0.25) is 5.89 Å². The smallest absolute Gasteiger partial charge is 0.322 e. The highest BCUT2D eigenvalue weighted by molar-refractivity contribution is 5.90. The molecule has 1 aromatic carbocycles. The summed E-state index contributed by atoms with van der Waals surface area (Å²) in [4.78, 5) is 22.6. The van der Waals surface area contributed by atoms with Crippen LogP contribution in [0.5, 0.6) is 5.75 Å². The minimum Gasteiger partial charge on any atom is -0.485 e. The number of pyridine rings is 1. The second-order valence-corrected chi connectivity index (χ2v) is 6.72. The van der Waals surface area contributed by atoms with Crippen molar-refractivity contribution in [1.29, 1.82) is 0 Å². The first-order chi connectivity index (χ1) is 13.7. The number of carbonyl (C=O) groups excluding carboxylic acids is 1. The lowest BCUT2D eigenvalue weighted by Gasteiger charge is -2.18. The third-order valence-corrected chi connectivity index (χ3v) is 4.37. The van der Waals surface area contributed by atoms with Crippen LogP contribution >= 0.6 is 0 Å². The molecule has 2 aromatic heterocycles. The lowest BCUT2D eigenvalue weighted by Crippen LogP contribution is -2.31. The van der Waals surface area contributed by atoms with Crippen molar-refractivity contribution in [1.82, 2.24) is 20.0 Å². The SMILES string of the molecule is CN(Cc1noc(C2CC2)n1)C(=O)Nc1ccccc1OCc1ccccn1. The van der Waals surface area contributed by atoms with Gasteiger partial charge in [-0.15, -0.1) is 0 Å². The van der Waals surface area contributed by atoms with Gasteiger partial charge in [-0.25, -0.2) is 4.79 Å². The first kappa shape index (κ1) is 18.0. The van der Waals surface area contributed by atoms with Crippen molar-refractivity contribution in [3.63, 3.8) is 0 Å². The van der Waals surface area contributed by atoms with E-state index < -0.39 is 0 Å². The number of ether oxygens (including phenoxy) is 1. The highest BCUT2D eigenvalue weighted by Gasteiger charge is 2.29. The molecule has 1 N–H and O–H groups in total. The molecule has 28 heavy (non-hydrogen) atoms. The molecular weight excluding hydrogens is 358 g/mol. The first-order valence-corrected chi connectivity index (χ1v) is 9.15. The van der Waals surface area contributed by atoms with Gasteiger partial charge in [0, 0.05) is 19.2 Å². The van der Waals surface area contributed by atoms with Gasteiger partial charge in [-0.05, 0) is 37.1 Å². The van der Waals surface area contributed by atoms with E-state index in [-0.39, 0.29) is 12.6 Å². The lowest BCUT2D eigenvalue weighted by atomic mass is 10.3. The highest BCUT2D eigenvalue weighted by Crippen LogP contribution is 2.38.